The Morgan fingerprint density at radius 2 is 2.05 bits per heavy atom. The first-order valence-corrected chi connectivity index (χ1v) is 8.60. The van der Waals surface area contributed by atoms with Gasteiger partial charge in [-0.3, -0.25) is 4.72 Å². The fourth-order valence-corrected chi connectivity index (χ4v) is 4.92. The van der Waals surface area contributed by atoms with Crippen molar-refractivity contribution in [3.05, 3.63) is 38.6 Å². The average molecular weight is 382 g/mol. The van der Waals surface area contributed by atoms with Crippen molar-refractivity contribution in [3.8, 4) is 0 Å². The van der Waals surface area contributed by atoms with Gasteiger partial charge in [-0.15, -0.1) is 11.3 Å². The second kappa shape index (κ2) is 5.32. The predicted molar refractivity (Wildman–Crippen MR) is 83.4 cm³/mol. The van der Waals surface area contributed by atoms with Gasteiger partial charge in [0.2, 0.25) is 0 Å². The van der Waals surface area contributed by atoms with Gasteiger partial charge in [-0.2, -0.15) is 0 Å². The van der Waals surface area contributed by atoms with Crippen molar-refractivity contribution in [1.82, 2.24) is 0 Å². The largest absolute Gasteiger partial charge is 0.397 e. The summed E-state index contributed by atoms with van der Waals surface area (Å²) in [6.07, 6.45) is 0. The molecule has 0 fully saturated rings. The smallest absolute Gasteiger partial charge is 0.271 e. The van der Waals surface area contributed by atoms with E-state index in [1.165, 1.54) is 6.07 Å². The van der Waals surface area contributed by atoms with E-state index in [1.54, 1.807) is 18.2 Å². The standard InChI is InChI=1S/C11H10BrClN2O2S2/c1-6-2-3-9(8(14)4-6)15-19(16,17)10-5-7(13)11(12)18-10/h2-5,15H,14H2,1H3. The minimum Gasteiger partial charge on any atom is -0.397 e. The molecule has 2 aromatic rings. The number of hydrogen-bond donors (Lipinski definition) is 2. The molecule has 1 aromatic carbocycles. The van der Waals surface area contributed by atoms with E-state index in [9.17, 15) is 8.42 Å². The number of rotatable bonds is 3. The Hall–Kier alpha value is -0.760. The number of anilines is 2. The number of thiophene rings is 1. The van der Waals surface area contributed by atoms with Gasteiger partial charge in [-0.1, -0.05) is 17.7 Å². The molecule has 0 spiro atoms. The summed E-state index contributed by atoms with van der Waals surface area (Å²) in [5.74, 6) is 0. The lowest BCUT2D eigenvalue weighted by Crippen LogP contribution is -2.12. The van der Waals surface area contributed by atoms with E-state index in [1.807, 2.05) is 6.92 Å². The lowest BCUT2D eigenvalue weighted by atomic mass is 10.2. The van der Waals surface area contributed by atoms with Crippen LogP contribution >= 0.6 is 38.9 Å². The monoisotopic (exact) mass is 380 g/mol. The Morgan fingerprint density at radius 3 is 2.58 bits per heavy atom. The molecule has 0 radical (unpaired) electrons. The maximum Gasteiger partial charge on any atom is 0.271 e. The lowest BCUT2D eigenvalue weighted by molar-refractivity contribution is 0.603. The molecule has 0 unspecified atom stereocenters. The first-order chi connectivity index (χ1) is 8.79. The summed E-state index contributed by atoms with van der Waals surface area (Å²) in [6, 6.07) is 6.51. The topological polar surface area (TPSA) is 72.2 Å². The molecule has 4 nitrogen and oxygen atoms in total. The second-order valence-electron chi connectivity index (χ2n) is 3.88. The molecule has 0 bridgehead atoms. The highest BCUT2D eigenvalue weighted by Crippen LogP contribution is 2.35. The van der Waals surface area contributed by atoms with E-state index in [2.05, 4.69) is 20.7 Å². The maximum absolute atomic E-state index is 12.2. The third-order valence-corrected chi connectivity index (χ3v) is 6.65. The van der Waals surface area contributed by atoms with Crippen molar-refractivity contribution >= 4 is 60.3 Å². The van der Waals surface area contributed by atoms with E-state index < -0.39 is 10.0 Å². The van der Waals surface area contributed by atoms with Crippen LogP contribution in [-0.4, -0.2) is 8.42 Å². The van der Waals surface area contributed by atoms with Crippen LogP contribution < -0.4 is 10.5 Å². The van der Waals surface area contributed by atoms with E-state index in [-0.39, 0.29) is 4.21 Å². The fourth-order valence-electron chi connectivity index (χ4n) is 1.43. The molecule has 0 aliphatic carbocycles. The summed E-state index contributed by atoms with van der Waals surface area (Å²) in [4.78, 5) is 0. The summed E-state index contributed by atoms with van der Waals surface area (Å²) in [5, 5.41) is 0.363. The Morgan fingerprint density at radius 1 is 1.37 bits per heavy atom. The molecule has 3 N–H and O–H groups in total. The van der Waals surface area contributed by atoms with Crippen molar-refractivity contribution in [2.45, 2.75) is 11.1 Å². The van der Waals surface area contributed by atoms with E-state index in [4.69, 9.17) is 17.3 Å². The van der Waals surface area contributed by atoms with E-state index in [0.717, 1.165) is 16.9 Å². The van der Waals surface area contributed by atoms with Crippen LogP contribution in [0.3, 0.4) is 0 Å². The molecule has 0 saturated heterocycles. The minimum absolute atomic E-state index is 0.129. The van der Waals surface area contributed by atoms with Gasteiger partial charge in [0, 0.05) is 0 Å². The summed E-state index contributed by atoms with van der Waals surface area (Å²) in [7, 11) is -3.68. The van der Waals surface area contributed by atoms with Crippen LogP contribution in [0.25, 0.3) is 0 Å². The first-order valence-electron chi connectivity index (χ1n) is 5.13. The number of nitrogens with one attached hydrogen (secondary N) is 1. The average Bonchev–Trinajstić information content (AvgIpc) is 2.64. The van der Waals surface area contributed by atoms with E-state index in [0.29, 0.717) is 20.2 Å². The molecule has 2 rings (SSSR count). The summed E-state index contributed by atoms with van der Waals surface area (Å²) >= 11 is 10.1. The predicted octanol–water partition coefficient (Wildman–Crippen LogP) is 3.86. The van der Waals surface area contributed by atoms with Crippen LogP contribution in [0.1, 0.15) is 5.56 Å². The van der Waals surface area contributed by atoms with Gasteiger partial charge < -0.3 is 5.73 Å². The Kier molecular flexibility index (Phi) is 4.10. The fraction of sp³-hybridized carbons (Fsp3) is 0.0909. The lowest BCUT2D eigenvalue weighted by Gasteiger charge is -2.09. The van der Waals surface area contributed by atoms with Crippen LogP contribution in [-0.2, 0) is 10.0 Å². The number of nitrogen functional groups attached to an aromatic ring is 1. The van der Waals surface area contributed by atoms with Crippen LogP contribution in [0.4, 0.5) is 11.4 Å². The molecule has 0 atom stereocenters. The van der Waals surface area contributed by atoms with Crippen LogP contribution in [0.5, 0.6) is 0 Å². The molecule has 102 valence electrons. The molecule has 8 heteroatoms. The van der Waals surface area contributed by atoms with Crippen molar-refractivity contribution < 1.29 is 8.42 Å². The SMILES string of the molecule is Cc1ccc(NS(=O)(=O)c2cc(Cl)c(Br)s2)c(N)c1. The normalized spacial score (nSPS) is 11.5. The molecule has 1 aromatic heterocycles. The zero-order valence-corrected chi connectivity index (χ0v) is 13.8. The summed E-state index contributed by atoms with van der Waals surface area (Å²) < 4.78 is 27.5. The molecule has 0 aliphatic heterocycles. The van der Waals surface area contributed by atoms with Gasteiger partial charge in [-0.05, 0) is 46.6 Å². The Balaban J connectivity index is 2.36. The highest BCUT2D eigenvalue weighted by atomic mass is 79.9. The number of hydrogen-bond acceptors (Lipinski definition) is 4. The quantitative estimate of drug-likeness (QED) is 0.793. The number of aryl methyl sites for hydroxylation is 1. The number of sulfonamides is 1. The van der Waals surface area contributed by atoms with Crippen molar-refractivity contribution in [2.75, 3.05) is 10.5 Å². The zero-order chi connectivity index (χ0) is 14.2. The number of nitrogens with two attached hydrogens (primary N) is 1. The molecule has 0 saturated carbocycles. The second-order valence-corrected chi connectivity index (χ2v) is 8.57. The van der Waals surface area contributed by atoms with Gasteiger partial charge in [0.15, 0.2) is 0 Å². The summed E-state index contributed by atoms with van der Waals surface area (Å²) in [6.45, 7) is 1.88. The van der Waals surface area contributed by atoms with E-state index >= 15 is 0 Å². The van der Waals surface area contributed by atoms with Crippen molar-refractivity contribution in [1.29, 1.82) is 0 Å². The van der Waals surface area contributed by atoms with Crippen LogP contribution in [0, 0.1) is 6.92 Å². The molecule has 0 aliphatic rings. The molecule has 0 amide bonds. The molecule has 19 heavy (non-hydrogen) atoms. The Bertz CT molecular complexity index is 709. The highest BCUT2D eigenvalue weighted by Gasteiger charge is 2.20. The van der Waals surface area contributed by atoms with Gasteiger partial charge in [0.1, 0.15) is 4.21 Å². The molecule has 1 heterocycles. The molecular formula is C11H10BrClN2O2S2. The Labute approximate surface area is 128 Å². The summed E-state index contributed by atoms with van der Waals surface area (Å²) in [5.41, 5.74) is 7.48. The van der Waals surface area contributed by atoms with Crippen molar-refractivity contribution in [2.24, 2.45) is 0 Å². The maximum atomic E-state index is 12.2. The molecular weight excluding hydrogens is 372 g/mol. The number of benzene rings is 1. The third-order valence-electron chi connectivity index (χ3n) is 2.34. The zero-order valence-electron chi connectivity index (χ0n) is 9.78. The van der Waals surface area contributed by atoms with Gasteiger partial charge in [0.05, 0.1) is 20.2 Å². The minimum atomic E-state index is -3.68. The third kappa shape index (κ3) is 3.22. The van der Waals surface area contributed by atoms with Crippen molar-refractivity contribution in [3.63, 3.8) is 0 Å². The number of halogens is 2. The first kappa shape index (κ1) is 14.6. The van der Waals surface area contributed by atoms with Crippen LogP contribution in [0.2, 0.25) is 5.02 Å². The van der Waals surface area contributed by atoms with Gasteiger partial charge >= 0.3 is 0 Å². The van der Waals surface area contributed by atoms with Crippen LogP contribution in [0.15, 0.2) is 32.3 Å². The highest BCUT2D eigenvalue weighted by molar-refractivity contribution is 9.11. The van der Waals surface area contributed by atoms with Gasteiger partial charge in [0.25, 0.3) is 10.0 Å². The van der Waals surface area contributed by atoms with Gasteiger partial charge in [-0.25, -0.2) is 8.42 Å².